The van der Waals surface area contributed by atoms with Crippen LogP contribution in [0.15, 0.2) is 45.9 Å². The topological polar surface area (TPSA) is 113 Å². The van der Waals surface area contributed by atoms with Gasteiger partial charge in [-0.25, -0.2) is 22.2 Å². The number of amides is 1. The zero-order valence-electron chi connectivity index (χ0n) is 19.2. The van der Waals surface area contributed by atoms with Crippen LogP contribution in [0.1, 0.15) is 50.3 Å². The molecule has 4 rings (SSSR count). The van der Waals surface area contributed by atoms with Gasteiger partial charge >= 0.3 is 6.09 Å². The molecule has 0 unspecified atom stereocenters. The number of fused-ring (bicyclic) bond motifs is 1. The van der Waals surface area contributed by atoms with E-state index in [2.05, 4.69) is 31.5 Å². The van der Waals surface area contributed by atoms with Crippen molar-refractivity contribution in [3.63, 3.8) is 0 Å². The zero-order valence-corrected chi connectivity index (χ0v) is 21.6. The zero-order chi connectivity index (χ0) is 24.5. The number of nitrogens with one attached hydrogen (secondary N) is 2. The molecule has 0 atom stereocenters. The summed E-state index contributed by atoms with van der Waals surface area (Å²) < 4.78 is 29.5. The third-order valence-electron chi connectivity index (χ3n) is 6.28. The molecule has 1 fully saturated rings. The number of hydrogen-bond donors (Lipinski definition) is 3. The van der Waals surface area contributed by atoms with Gasteiger partial charge in [-0.3, -0.25) is 0 Å². The highest BCUT2D eigenvalue weighted by Crippen LogP contribution is 2.36. The Hall–Kier alpha value is -2.59. The smallest absolute Gasteiger partial charge is 0.404 e. The van der Waals surface area contributed by atoms with Crippen molar-refractivity contribution in [3.05, 3.63) is 52.3 Å². The lowest BCUT2D eigenvalue weighted by atomic mass is 9.91. The summed E-state index contributed by atoms with van der Waals surface area (Å²) in [5, 5.41) is 15.9. The standard InChI is InChI=1S/C24H29BrN4O4S/c1-3-4-18-13-20-22(27-16-7-9-17(10-8-16)28-24(30)31)21(25)14-26-23(20)29(18)34(32,33)19-11-5-15(2)6-12-19/h5-6,11-14,16-17,28H,3-4,7-10H2,1-2H3,(H,26,27)(H,30,31)/t16-,17-. The van der Waals surface area contributed by atoms with E-state index in [1.165, 1.54) is 3.97 Å². The highest BCUT2D eigenvalue weighted by Gasteiger charge is 2.27. The van der Waals surface area contributed by atoms with Crippen LogP contribution in [0.25, 0.3) is 11.0 Å². The SMILES string of the molecule is CCCc1cc2c(N[C@H]3CC[C@H](NC(=O)O)CC3)c(Br)cnc2n1S(=O)(=O)c1ccc(C)cc1. The van der Waals surface area contributed by atoms with Crippen LogP contribution in [0.2, 0.25) is 0 Å². The van der Waals surface area contributed by atoms with Gasteiger partial charge in [0.1, 0.15) is 0 Å². The van der Waals surface area contributed by atoms with Gasteiger partial charge in [0, 0.05) is 29.4 Å². The Labute approximate surface area is 208 Å². The van der Waals surface area contributed by atoms with Gasteiger partial charge in [0.05, 0.1) is 15.1 Å². The largest absolute Gasteiger partial charge is 0.465 e. The fourth-order valence-corrected chi connectivity index (χ4v) is 6.52. The predicted octanol–water partition coefficient (Wildman–Crippen LogP) is 5.29. The molecular weight excluding hydrogens is 520 g/mol. The maximum atomic E-state index is 13.7. The van der Waals surface area contributed by atoms with E-state index in [-0.39, 0.29) is 17.0 Å². The second-order valence-corrected chi connectivity index (χ2v) is 11.5. The fourth-order valence-electron chi connectivity index (χ4n) is 4.57. The van der Waals surface area contributed by atoms with Gasteiger partial charge in [0.15, 0.2) is 5.65 Å². The van der Waals surface area contributed by atoms with Gasteiger partial charge < -0.3 is 15.7 Å². The molecule has 3 aromatic rings. The van der Waals surface area contributed by atoms with Crippen LogP contribution >= 0.6 is 15.9 Å². The molecule has 1 aliphatic carbocycles. The lowest BCUT2D eigenvalue weighted by molar-refractivity contribution is 0.185. The Morgan fingerprint density at radius 1 is 1.18 bits per heavy atom. The normalized spacial score (nSPS) is 18.7. The number of carbonyl (C=O) groups is 1. The number of hydrogen-bond acceptors (Lipinski definition) is 5. The van der Waals surface area contributed by atoms with Gasteiger partial charge in [-0.2, -0.15) is 0 Å². The summed E-state index contributed by atoms with van der Waals surface area (Å²) in [6.45, 7) is 3.94. The molecule has 0 radical (unpaired) electrons. The molecule has 3 N–H and O–H groups in total. The number of carboxylic acid groups (broad SMARTS) is 1. The Bertz CT molecular complexity index is 1300. The van der Waals surface area contributed by atoms with Gasteiger partial charge in [-0.15, -0.1) is 0 Å². The summed E-state index contributed by atoms with van der Waals surface area (Å²) >= 11 is 3.59. The van der Waals surface area contributed by atoms with Crippen molar-refractivity contribution in [1.29, 1.82) is 0 Å². The summed E-state index contributed by atoms with van der Waals surface area (Å²) in [7, 11) is -3.83. The molecule has 2 aromatic heterocycles. The van der Waals surface area contributed by atoms with Crippen LogP contribution in [0.5, 0.6) is 0 Å². The maximum Gasteiger partial charge on any atom is 0.404 e. The van der Waals surface area contributed by atoms with Crippen molar-refractivity contribution in [2.75, 3.05) is 5.32 Å². The summed E-state index contributed by atoms with van der Waals surface area (Å²) in [4.78, 5) is 15.7. The van der Waals surface area contributed by atoms with Crippen LogP contribution in [0.4, 0.5) is 10.5 Å². The molecule has 34 heavy (non-hydrogen) atoms. The minimum absolute atomic E-state index is 0.0339. The maximum absolute atomic E-state index is 13.7. The van der Waals surface area contributed by atoms with Crippen molar-refractivity contribution >= 4 is 48.8 Å². The lowest BCUT2D eigenvalue weighted by Crippen LogP contribution is -2.39. The fraction of sp³-hybridized carbons (Fsp3) is 0.417. The number of rotatable bonds is 7. The first-order valence-electron chi connectivity index (χ1n) is 11.5. The van der Waals surface area contributed by atoms with Gasteiger partial charge in [0.25, 0.3) is 10.0 Å². The first-order chi connectivity index (χ1) is 16.2. The monoisotopic (exact) mass is 548 g/mol. The van der Waals surface area contributed by atoms with E-state index in [1.54, 1.807) is 30.5 Å². The van der Waals surface area contributed by atoms with E-state index in [9.17, 15) is 13.2 Å². The van der Waals surface area contributed by atoms with Gasteiger partial charge in [0.2, 0.25) is 0 Å². The quantitative estimate of drug-likeness (QED) is 0.369. The molecule has 0 saturated heterocycles. The average Bonchev–Trinajstić information content (AvgIpc) is 3.16. The molecule has 1 aromatic carbocycles. The third kappa shape index (κ3) is 4.93. The van der Waals surface area contributed by atoms with Gasteiger partial charge in [-0.1, -0.05) is 31.0 Å². The van der Waals surface area contributed by atoms with E-state index in [0.29, 0.717) is 17.8 Å². The van der Waals surface area contributed by atoms with Gasteiger partial charge in [-0.05, 0) is 73.2 Å². The summed E-state index contributed by atoms with van der Waals surface area (Å²) in [5.41, 5.74) is 2.90. The summed E-state index contributed by atoms with van der Waals surface area (Å²) in [6.07, 6.45) is 5.17. The van der Waals surface area contributed by atoms with Crippen LogP contribution in [0.3, 0.4) is 0 Å². The lowest BCUT2D eigenvalue weighted by Gasteiger charge is -2.30. The Morgan fingerprint density at radius 3 is 2.44 bits per heavy atom. The minimum Gasteiger partial charge on any atom is -0.465 e. The molecular formula is C24H29BrN4O4S. The Kier molecular flexibility index (Phi) is 7.18. The van der Waals surface area contributed by atoms with Crippen LogP contribution in [-0.4, -0.2) is 40.7 Å². The third-order valence-corrected chi connectivity index (χ3v) is 8.64. The van der Waals surface area contributed by atoms with Crippen molar-refractivity contribution < 1.29 is 18.3 Å². The molecule has 1 saturated carbocycles. The Balaban J connectivity index is 1.72. The van der Waals surface area contributed by atoms with Crippen LogP contribution in [-0.2, 0) is 16.4 Å². The first-order valence-corrected chi connectivity index (χ1v) is 13.7. The number of nitrogens with zero attached hydrogens (tertiary/aromatic N) is 2. The van der Waals surface area contributed by atoms with Crippen molar-refractivity contribution in [1.82, 2.24) is 14.3 Å². The van der Waals surface area contributed by atoms with E-state index in [1.807, 2.05) is 19.9 Å². The molecule has 10 heteroatoms. The van der Waals surface area contributed by atoms with E-state index in [4.69, 9.17) is 5.11 Å². The minimum atomic E-state index is -3.83. The van der Waals surface area contributed by atoms with Crippen LogP contribution in [0, 0.1) is 6.92 Å². The Morgan fingerprint density at radius 2 is 1.82 bits per heavy atom. The second kappa shape index (κ2) is 9.95. The summed E-state index contributed by atoms with van der Waals surface area (Å²) in [5.74, 6) is 0. The number of halogens is 1. The van der Waals surface area contributed by atoms with E-state index < -0.39 is 16.1 Å². The number of aryl methyl sites for hydroxylation is 2. The molecule has 1 aliphatic rings. The number of aromatic nitrogens is 2. The van der Waals surface area contributed by atoms with Crippen molar-refractivity contribution in [3.8, 4) is 0 Å². The number of pyridine rings is 1. The number of benzene rings is 1. The molecule has 8 nitrogen and oxygen atoms in total. The molecule has 182 valence electrons. The predicted molar refractivity (Wildman–Crippen MR) is 136 cm³/mol. The van der Waals surface area contributed by atoms with Crippen molar-refractivity contribution in [2.24, 2.45) is 0 Å². The highest BCUT2D eigenvalue weighted by molar-refractivity contribution is 9.10. The van der Waals surface area contributed by atoms with Crippen LogP contribution < -0.4 is 10.6 Å². The van der Waals surface area contributed by atoms with E-state index >= 15 is 0 Å². The van der Waals surface area contributed by atoms with E-state index in [0.717, 1.165) is 53.2 Å². The number of anilines is 1. The average molecular weight is 549 g/mol. The second-order valence-electron chi connectivity index (χ2n) is 8.83. The molecule has 0 aliphatic heterocycles. The molecule has 2 heterocycles. The summed E-state index contributed by atoms with van der Waals surface area (Å²) in [6, 6.07) is 8.90. The molecule has 0 bridgehead atoms. The van der Waals surface area contributed by atoms with Crippen molar-refractivity contribution in [2.45, 2.75) is 69.4 Å². The molecule has 0 spiro atoms. The highest BCUT2D eigenvalue weighted by atomic mass is 79.9. The molecule has 1 amide bonds. The first kappa shape index (κ1) is 24.5.